The van der Waals surface area contributed by atoms with Gasteiger partial charge < -0.3 is 29.3 Å². The maximum atomic E-state index is 10.8. The number of rotatable bonds is 13. The van der Waals surface area contributed by atoms with Gasteiger partial charge in [0.15, 0.2) is 11.5 Å². The van der Waals surface area contributed by atoms with Gasteiger partial charge >= 0.3 is 0 Å². The summed E-state index contributed by atoms with van der Waals surface area (Å²) in [5, 5.41) is 21.5. The number of nitrogens with zero attached hydrogens (tertiary/aromatic N) is 1. The Bertz CT molecular complexity index is 1070. The summed E-state index contributed by atoms with van der Waals surface area (Å²) in [4.78, 5) is 2.29. The highest BCUT2D eigenvalue weighted by molar-refractivity contribution is 5.50. The molecule has 0 aromatic heterocycles. The van der Waals surface area contributed by atoms with E-state index in [2.05, 4.69) is 18.0 Å². The van der Waals surface area contributed by atoms with Crippen LogP contribution in [0.3, 0.4) is 0 Å². The fourth-order valence-electron chi connectivity index (χ4n) is 4.59. The van der Waals surface area contributed by atoms with Crippen molar-refractivity contribution in [3.05, 3.63) is 83.4 Å². The smallest absolute Gasteiger partial charge is 0.160 e. The van der Waals surface area contributed by atoms with Gasteiger partial charge in [-0.2, -0.15) is 0 Å². The minimum Gasteiger partial charge on any atom is -0.508 e. The predicted octanol–water partition coefficient (Wildman–Crippen LogP) is 4.65. The summed E-state index contributed by atoms with van der Waals surface area (Å²) in [5.74, 6) is 2.28. The number of hydrogen-bond donors (Lipinski definition) is 2. The molecule has 3 aromatic rings. The van der Waals surface area contributed by atoms with Gasteiger partial charge in [-0.25, -0.2) is 0 Å². The first-order chi connectivity index (χ1) is 17.0. The first kappa shape index (κ1) is 26.4. The van der Waals surface area contributed by atoms with Gasteiger partial charge in [0.1, 0.15) is 11.5 Å². The van der Waals surface area contributed by atoms with E-state index in [-0.39, 0.29) is 12.4 Å². The predicted molar refractivity (Wildman–Crippen MR) is 139 cm³/mol. The minimum atomic E-state index is -0.732. The largest absolute Gasteiger partial charge is 0.508 e. The highest BCUT2D eigenvalue weighted by atomic mass is 16.5. The summed E-state index contributed by atoms with van der Waals surface area (Å²) in [5.41, 5.74) is 2.10. The lowest BCUT2D eigenvalue weighted by atomic mass is 9.71. The molecule has 0 amide bonds. The molecule has 188 valence electrons. The first-order valence-electron chi connectivity index (χ1n) is 11.9. The summed E-state index contributed by atoms with van der Waals surface area (Å²) in [6, 6.07) is 21.1. The monoisotopic (exact) mass is 479 g/mol. The van der Waals surface area contributed by atoms with Gasteiger partial charge in [-0.05, 0) is 74.3 Å². The van der Waals surface area contributed by atoms with Crippen LogP contribution in [0.25, 0.3) is 0 Å². The summed E-state index contributed by atoms with van der Waals surface area (Å²) < 4.78 is 16.2. The minimum absolute atomic E-state index is 0.118. The van der Waals surface area contributed by atoms with Gasteiger partial charge in [-0.1, -0.05) is 36.4 Å². The fraction of sp³-hybridized carbons (Fsp3) is 0.379. The van der Waals surface area contributed by atoms with Crippen LogP contribution >= 0.6 is 0 Å². The number of phenolic OH excluding ortho intramolecular Hbond substituents is 1. The highest BCUT2D eigenvalue weighted by Crippen LogP contribution is 2.42. The SMILES string of the molecule is COc1ccc(O)c(C(CO)(CCCN(C)CCc2ccc(OC)c(OC)c2)c2ccccc2)c1. The number of ether oxygens (including phenoxy) is 3. The molecule has 6 nitrogen and oxygen atoms in total. The molecule has 0 saturated carbocycles. The van der Waals surface area contributed by atoms with Crippen LogP contribution in [0.4, 0.5) is 0 Å². The average molecular weight is 480 g/mol. The normalized spacial score (nSPS) is 12.9. The molecule has 2 N–H and O–H groups in total. The Morgan fingerprint density at radius 2 is 1.57 bits per heavy atom. The van der Waals surface area contributed by atoms with Gasteiger partial charge in [-0.3, -0.25) is 0 Å². The molecule has 1 atom stereocenters. The molecule has 3 rings (SSSR count). The molecule has 35 heavy (non-hydrogen) atoms. The molecule has 0 aliphatic rings. The Morgan fingerprint density at radius 1 is 0.829 bits per heavy atom. The number of phenols is 1. The lowest BCUT2D eigenvalue weighted by Gasteiger charge is -2.34. The zero-order valence-corrected chi connectivity index (χ0v) is 21.2. The Kier molecular flexibility index (Phi) is 9.40. The zero-order chi connectivity index (χ0) is 25.3. The molecule has 3 aromatic carbocycles. The molecule has 0 bridgehead atoms. The Hall–Kier alpha value is -3.22. The number of aliphatic hydroxyl groups is 1. The average Bonchev–Trinajstić information content (AvgIpc) is 2.91. The number of likely N-dealkylation sites (N-methyl/N-ethyl adjacent to an activating group) is 1. The number of aromatic hydroxyl groups is 1. The summed E-state index contributed by atoms with van der Waals surface area (Å²) in [7, 11) is 6.99. The highest BCUT2D eigenvalue weighted by Gasteiger charge is 2.36. The van der Waals surface area contributed by atoms with Crippen molar-refractivity contribution in [3.63, 3.8) is 0 Å². The van der Waals surface area contributed by atoms with E-state index in [1.165, 1.54) is 5.56 Å². The van der Waals surface area contributed by atoms with Crippen molar-refractivity contribution in [2.45, 2.75) is 24.7 Å². The van der Waals surface area contributed by atoms with Crippen LogP contribution in [-0.4, -0.2) is 63.2 Å². The van der Waals surface area contributed by atoms with Crippen LogP contribution in [-0.2, 0) is 11.8 Å². The van der Waals surface area contributed by atoms with Crippen molar-refractivity contribution >= 4 is 0 Å². The van der Waals surface area contributed by atoms with Crippen molar-refractivity contribution in [1.29, 1.82) is 0 Å². The molecule has 0 fully saturated rings. The maximum Gasteiger partial charge on any atom is 0.160 e. The van der Waals surface area contributed by atoms with Crippen molar-refractivity contribution < 1.29 is 24.4 Å². The van der Waals surface area contributed by atoms with Crippen LogP contribution < -0.4 is 14.2 Å². The Labute approximate surface area is 208 Å². The van der Waals surface area contributed by atoms with Gasteiger partial charge in [0, 0.05) is 17.5 Å². The van der Waals surface area contributed by atoms with E-state index in [0.717, 1.165) is 43.0 Å². The lowest BCUT2D eigenvalue weighted by Crippen LogP contribution is -2.34. The number of hydrogen-bond acceptors (Lipinski definition) is 6. The molecule has 1 unspecified atom stereocenters. The molecule has 0 radical (unpaired) electrons. The second kappa shape index (κ2) is 12.5. The second-order valence-electron chi connectivity index (χ2n) is 8.84. The van der Waals surface area contributed by atoms with Crippen molar-refractivity contribution in [1.82, 2.24) is 4.90 Å². The number of methoxy groups -OCH3 is 3. The molecule has 0 aliphatic heterocycles. The molecule has 0 aliphatic carbocycles. The molecular formula is C29H37NO5. The van der Waals surface area contributed by atoms with Gasteiger partial charge in [-0.15, -0.1) is 0 Å². The standard InChI is InChI=1S/C29H37NO5/c1-30(18-15-22-11-14-27(34-3)28(19-22)35-4)17-8-16-29(21-31,23-9-6-5-7-10-23)25-20-24(33-2)12-13-26(25)32/h5-7,9-14,19-20,31-32H,8,15-18,21H2,1-4H3. The van der Waals surface area contributed by atoms with Crippen LogP contribution in [0, 0.1) is 0 Å². The van der Waals surface area contributed by atoms with E-state index in [9.17, 15) is 10.2 Å². The van der Waals surface area contributed by atoms with Gasteiger partial charge in [0.25, 0.3) is 0 Å². The van der Waals surface area contributed by atoms with E-state index >= 15 is 0 Å². The fourth-order valence-corrected chi connectivity index (χ4v) is 4.59. The molecule has 0 spiro atoms. The summed E-state index contributed by atoms with van der Waals surface area (Å²) >= 11 is 0. The quantitative estimate of drug-likeness (QED) is 0.372. The molecular weight excluding hydrogens is 442 g/mol. The van der Waals surface area contributed by atoms with E-state index < -0.39 is 5.41 Å². The third-order valence-corrected chi connectivity index (χ3v) is 6.69. The van der Waals surface area contributed by atoms with Crippen molar-refractivity contribution in [3.8, 4) is 23.0 Å². The van der Waals surface area contributed by atoms with Crippen molar-refractivity contribution in [2.24, 2.45) is 0 Å². The Balaban J connectivity index is 1.72. The van der Waals surface area contributed by atoms with Crippen LogP contribution in [0.2, 0.25) is 0 Å². The third-order valence-electron chi connectivity index (χ3n) is 6.69. The van der Waals surface area contributed by atoms with E-state index in [1.807, 2.05) is 48.5 Å². The van der Waals surface area contributed by atoms with Crippen LogP contribution in [0.5, 0.6) is 23.0 Å². The molecule has 0 heterocycles. The van der Waals surface area contributed by atoms with Gasteiger partial charge in [0.2, 0.25) is 0 Å². The first-order valence-corrected chi connectivity index (χ1v) is 11.9. The second-order valence-corrected chi connectivity index (χ2v) is 8.84. The molecule has 0 saturated heterocycles. The van der Waals surface area contributed by atoms with E-state index in [4.69, 9.17) is 14.2 Å². The van der Waals surface area contributed by atoms with Crippen LogP contribution in [0.1, 0.15) is 29.5 Å². The van der Waals surface area contributed by atoms with Crippen molar-refractivity contribution in [2.75, 3.05) is 48.1 Å². The molecule has 6 heteroatoms. The maximum absolute atomic E-state index is 10.8. The van der Waals surface area contributed by atoms with Crippen LogP contribution in [0.15, 0.2) is 66.7 Å². The zero-order valence-electron chi connectivity index (χ0n) is 21.2. The van der Waals surface area contributed by atoms with E-state index in [1.54, 1.807) is 33.5 Å². The summed E-state index contributed by atoms with van der Waals surface area (Å²) in [6.45, 7) is 1.62. The van der Waals surface area contributed by atoms with Gasteiger partial charge in [0.05, 0.1) is 27.9 Å². The number of benzene rings is 3. The topological polar surface area (TPSA) is 71.4 Å². The van der Waals surface area contributed by atoms with E-state index in [0.29, 0.717) is 17.7 Å². The summed E-state index contributed by atoms with van der Waals surface area (Å²) in [6.07, 6.45) is 2.40. The lowest BCUT2D eigenvalue weighted by molar-refractivity contribution is 0.199. The third kappa shape index (κ3) is 6.27. The Morgan fingerprint density at radius 3 is 2.23 bits per heavy atom. The number of aliphatic hydroxyl groups excluding tert-OH is 1.